The summed E-state index contributed by atoms with van der Waals surface area (Å²) in [5.74, 6) is 0.917. The molecule has 1 aromatic carbocycles. The number of aromatic nitrogens is 2. The number of nitrogens with zero attached hydrogens (tertiary/aromatic N) is 2. The average molecular weight is 370 g/mol. The number of fused-ring (bicyclic) bond motifs is 1. The van der Waals surface area contributed by atoms with Crippen LogP contribution in [0.2, 0.25) is 0 Å². The van der Waals surface area contributed by atoms with Gasteiger partial charge in [-0.1, -0.05) is 0 Å². The van der Waals surface area contributed by atoms with E-state index < -0.39 is 0 Å². The van der Waals surface area contributed by atoms with E-state index in [0.29, 0.717) is 6.61 Å². The van der Waals surface area contributed by atoms with Crippen molar-refractivity contribution in [3.8, 4) is 5.75 Å². The minimum Gasteiger partial charge on any atom is -0.493 e. The van der Waals surface area contributed by atoms with Crippen molar-refractivity contribution in [3.05, 3.63) is 41.7 Å². The van der Waals surface area contributed by atoms with E-state index in [1.807, 2.05) is 42.2 Å². The number of nitrogens with one attached hydrogen (secondary N) is 2. The number of ether oxygens (including phenoxy) is 2. The third-order valence-electron chi connectivity index (χ3n) is 5.11. The third kappa shape index (κ3) is 4.08. The number of amides is 2. The Labute approximate surface area is 159 Å². The summed E-state index contributed by atoms with van der Waals surface area (Å²) in [6, 6.07) is 5.51. The zero-order valence-corrected chi connectivity index (χ0v) is 15.6. The molecule has 27 heavy (non-hydrogen) atoms. The first-order valence-corrected chi connectivity index (χ1v) is 9.70. The molecule has 0 radical (unpaired) electrons. The Morgan fingerprint density at radius 1 is 1.33 bits per heavy atom. The van der Waals surface area contributed by atoms with Crippen LogP contribution in [-0.4, -0.2) is 35.1 Å². The summed E-state index contributed by atoms with van der Waals surface area (Å²) in [7, 11) is 0. The molecule has 3 heterocycles. The summed E-state index contributed by atoms with van der Waals surface area (Å²) in [5, 5.41) is 10.4. The molecule has 0 unspecified atom stereocenters. The van der Waals surface area contributed by atoms with E-state index in [4.69, 9.17) is 9.47 Å². The minimum atomic E-state index is -0.213. The molecule has 0 spiro atoms. The van der Waals surface area contributed by atoms with Gasteiger partial charge < -0.3 is 20.1 Å². The monoisotopic (exact) mass is 370 g/mol. The van der Waals surface area contributed by atoms with Crippen LogP contribution in [0.25, 0.3) is 0 Å². The van der Waals surface area contributed by atoms with Gasteiger partial charge in [0.2, 0.25) is 0 Å². The number of carbonyl (C=O) groups excluding carboxylic acids is 1. The van der Waals surface area contributed by atoms with Crippen molar-refractivity contribution in [1.29, 1.82) is 0 Å². The number of hydrogen-bond donors (Lipinski definition) is 2. The van der Waals surface area contributed by atoms with E-state index in [1.54, 1.807) is 0 Å². The Balaban J connectivity index is 1.41. The van der Waals surface area contributed by atoms with Gasteiger partial charge in [0.25, 0.3) is 0 Å². The fourth-order valence-electron chi connectivity index (χ4n) is 3.73. The smallest absolute Gasteiger partial charge is 0.319 e. The molecule has 7 nitrogen and oxygen atoms in total. The van der Waals surface area contributed by atoms with E-state index >= 15 is 0 Å². The van der Waals surface area contributed by atoms with Crippen molar-refractivity contribution in [1.82, 2.24) is 15.1 Å². The summed E-state index contributed by atoms with van der Waals surface area (Å²) in [6.45, 7) is 4.32. The van der Waals surface area contributed by atoms with Gasteiger partial charge in [0.1, 0.15) is 11.9 Å². The van der Waals surface area contributed by atoms with Crippen molar-refractivity contribution in [3.63, 3.8) is 0 Å². The van der Waals surface area contributed by atoms with Gasteiger partial charge in [0.05, 0.1) is 18.8 Å². The Morgan fingerprint density at radius 3 is 3.11 bits per heavy atom. The number of urea groups is 1. The maximum atomic E-state index is 12.6. The zero-order chi connectivity index (χ0) is 18.6. The van der Waals surface area contributed by atoms with Crippen LogP contribution in [0.5, 0.6) is 5.75 Å². The normalized spacial score (nSPS) is 21.8. The second-order valence-corrected chi connectivity index (χ2v) is 7.04. The molecule has 2 aromatic rings. The van der Waals surface area contributed by atoms with Gasteiger partial charge in [-0.25, -0.2) is 4.79 Å². The molecule has 7 heteroatoms. The van der Waals surface area contributed by atoms with Crippen LogP contribution in [-0.2, 0) is 17.7 Å². The summed E-state index contributed by atoms with van der Waals surface area (Å²) in [6.07, 6.45) is 7.46. The standard InChI is InChI=1S/C20H26N4O3/c1-2-24-13-15(12-21-24)19-17(6-4-10-27-19)23-20(25)22-16-7-8-18-14(11-16)5-3-9-26-18/h7-8,11-13,17,19H,2-6,9-10H2,1H3,(H2,22,23,25)/t17-,19+/m0/s1. The molecule has 1 aromatic heterocycles. The first-order valence-electron chi connectivity index (χ1n) is 9.70. The number of aryl methyl sites for hydroxylation is 2. The Hall–Kier alpha value is -2.54. The number of carbonyl (C=O) groups is 1. The molecule has 2 aliphatic rings. The van der Waals surface area contributed by atoms with Crippen molar-refractivity contribution in [2.75, 3.05) is 18.5 Å². The fraction of sp³-hybridized carbons (Fsp3) is 0.500. The molecule has 2 aliphatic heterocycles. The molecule has 1 fully saturated rings. The SMILES string of the molecule is CCn1cc([C@H]2OCCC[C@@H]2NC(=O)Nc2ccc3c(c2)CCCO3)cn1. The molecule has 0 aliphatic carbocycles. The quantitative estimate of drug-likeness (QED) is 0.866. The molecular formula is C20H26N4O3. The average Bonchev–Trinajstić information content (AvgIpc) is 3.17. The predicted molar refractivity (Wildman–Crippen MR) is 102 cm³/mol. The lowest BCUT2D eigenvalue weighted by molar-refractivity contribution is -0.00701. The molecule has 0 bridgehead atoms. The topological polar surface area (TPSA) is 77.4 Å². The molecule has 0 saturated carbocycles. The van der Waals surface area contributed by atoms with Crippen LogP contribution in [0, 0.1) is 0 Å². The largest absolute Gasteiger partial charge is 0.493 e. The predicted octanol–water partition coefficient (Wildman–Crippen LogP) is 3.27. The van der Waals surface area contributed by atoms with Crippen molar-refractivity contribution in [2.24, 2.45) is 0 Å². The van der Waals surface area contributed by atoms with Crippen LogP contribution < -0.4 is 15.4 Å². The highest BCUT2D eigenvalue weighted by Gasteiger charge is 2.30. The Kier molecular flexibility index (Phi) is 5.29. The highest BCUT2D eigenvalue weighted by atomic mass is 16.5. The zero-order valence-electron chi connectivity index (χ0n) is 15.6. The maximum absolute atomic E-state index is 12.6. The highest BCUT2D eigenvalue weighted by molar-refractivity contribution is 5.89. The third-order valence-corrected chi connectivity index (χ3v) is 5.11. The van der Waals surface area contributed by atoms with Gasteiger partial charge >= 0.3 is 6.03 Å². The molecule has 1 saturated heterocycles. The molecule has 2 atom stereocenters. The second kappa shape index (κ2) is 8.00. The van der Waals surface area contributed by atoms with Gasteiger partial charge in [0, 0.05) is 30.6 Å². The Morgan fingerprint density at radius 2 is 2.26 bits per heavy atom. The van der Waals surface area contributed by atoms with E-state index in [2.05, 4.69) is 15.7 Å². The molecule has 2 amide bonds. The van der Waals surface area contributed by atoms with E-state index in [0.717, 1.165) is 61.4 Å². The summed E-state index contributed by atoms with van der Waals surface area (Å²) < 4.78 is 13.4. The van der Waals surface area contributed by atoms with Gasteiger partial charge in [-0.3, -0.25) is 4.68 Å². The van der Waals surface area contributed by atoms with Crippen molar-refractivity contribution in [2.45, 2.75) is 51.3 Å². The number of hydrogen-bond acceptors (Lipinski definition) is 4. The molecule has 2 N–H and O–H groups in total. The minimum absolute atomic E-state index is 0.0748. The summed E-state index contributed by atoms with van der Waals surface area (Å²) in [4.78, 5) is 12.6. The first kappa shape index (κ1) is 17.9. The van der Waals surface area contributed by atoms with Crippen LogP contribution in [0.1, 0.15) is 43.4 Å². The van der Waals surface area contributed by atoms with E-state index in [-0.39, 0.29) is 18.2 Å². The molecular weight excluding hydrogens is 344 g/mol. The van der Waals surface area contributed by atoms with Crippen molar-refractivity contribution >= 4 is 11.7 Å². The van der Waals surface area contributed by atoms with Gasteiger partial charge in [0.15, 0.2) is 0 Å². The second-order valence-electron chi connectivity index (χ2n) is 7.04. The number of anilines is 1. The molecule has 4 rings (SSSR count). The lowest BCUT2D eigenvalue weighted by atomic mass is 9.98. The van der Waals surface area contributed by atoms with Gasteiger partial charge in [-0.05, 0) is 56.4 Å². The lowest BCUT2D eigenvalue weighted by Crippen LogP contribution is -2.44. The van der Waals surface area contributed by atoms with E-state index in [9.17, 15) is 4.79 Å². The van der Waals surface area contributed by atoms with Crippen LogP contribution in [0.3, 0.4) is 0 Å². The van der Waals surface area contributed by atoms with Crippen LogP contribution in [0.15, 0.2) is 30.6 Å². The fourth-order valence-corrected chi connectivity index (χ4v) is 3.73. The first-order chi connectivity index (χ1) is 13.2. The molecule has 144 valence electrons. The summed E-state index contributed by atoms with van der Waals surface area (Å²) in [5.41, 5.74) is 2.93. The summed E-state index contributed by atoms with van der Waals surface area (Å²) >= 11 is 0. The number of benzene rings is 1. The van der Waals surface area contributed by atoms with Crippen LogP contribution >= 0.6 is 0 Å². The van der Waals surface area contributed by atoms with Crippen LogP contribution in [0.4, 0.5) is 10.5 Å². The maximum Gasteiger partial charge on any atom is 0.319 e. The highest BCUT2D eigenvalue weighted by Crippen LogP contribution is 2.29. The van der Waals surface area contributed by atoms with Gasteiger partial charge in [-0.2, -0.15) is 5.10 Å². The number of rotatable bonds is 4. The lowest BCUT2D eigenvalue weighted by Gasteiger charge is -2.31. The van der Waals surface area contributed by atoms with Gasteiger partial charge in [-0.15, -0.1) is 0 Å². The van der Waals surface area contributed by atoms with E-state index in [1.165, 1.54) is 0 Å². The Bertz CT molecular complexity index is 804. The van der Waals surface area contributed by atoms with Crippen molar-refractivity contribution < 1.29 is 14.3 Å².